The third kappa shape index (κ3) is 3.02. The van der Waals surface area contributed by atoms with Crippen LogP contribution in [0.3, 0.4) is 0 Å². The van der Waals surface area contributed by atoms with Gasteiger partial charge in [0.1, 0.15) is 0 Å². The summed E-state index contributed by atoms with van der Waals surface area (Å²) in [5, 5.41) is 9.96. The molecule has 1 aromatic heterocycles. The normalized spacial score (nSPS) is 12.6. The average molecular weight is 275 g/mol. The maximum absolute atomic E-state index is 11.9. The zero-order chi connectivity index (χ0) is 14.5. The van der Waals surface area contributed by atoms with Crippen molar-refractivity contribution in [2.24, 2.45) is 0 Å². The number of carbonyl (C=O) groups is 1. The smallest absolute Gasteiger partial charge is 0.313 e. The van der Waals surface area contributed by atoms with Crippen LogP contribution in [0.1, 0.15) is 37.3 Å². The zero-order valence-electron chi connectivity index (χ0n) is 12.0. The molecule has 0 saturated carbocycles. The summed E-state index contributed by atoms with van der Waals surface area (Å²) in [6.45, 7) is 4.26. The van der Waals surface area contributed by atoms with Gasteiger partial charge in [0.05, 0.1) is 12.5 Å². The Morgan fingerprint density at radius 3 is 2.95 bits per heavy atom. The third-order valence-electron chi connectivity index (χ3n) is 3.51. The number of carbonyl (C=O) groups excluding carboxylic acids is 1. The van der Waals surface area contributed by atoms with E-state index in [1.807, 2.05) is 32.2 Å². The first-order valence-electron chi connectivity index (χ1n) is 7.04. The highest BCUT2D eigenvalue weighted by Gasteiger charge is 2.19. The van der Waals surface area contributed by atoms with Crippen molar-refractivity contribution in [2.75, 3.05) is 13.2 Å². The van der Waals surface area contributed by atoms with Gasteiger partial charge >= 0.3 is 5.97 Å². The van der Waals surface area contributed by atoms with Crippen LogP contribution in [-0.4, -0.2) is 29.3 Å². The molecule has 1 unspecified atom stereocenters. The number of aryl methyl sites for hydroxylation is 1. The van der Waals surface area contributed by atoms with Crippen LogP contribution in [0, 0.1) is 0 Å². The summed E-state index contributed by atoms with van der Waals surface area (Å²) in [5.41, 5.74) is 3.15. The highest BCUT2D eigenvalue weighted by atomic mass is 16.5. The Morgan fingerprint density at radius 1 is 1.45 bits per heavy atom. The van der Waals surface area contributed by atoms with Crippen LogP contribution in [0.5, 0.6) is 0 Å². The van der Waals surface area contributed by atoms with Crippen molar-refractivity contribution in [2.45, 2.75) is 32.6 Å². The first kappa shape index (κ1) is 14.6. The number of aliphatic hydroxyl groups is 1. The zero-order valence-corrected chi connectivity index (χ0v) is 12.0. The van der Waals surface area contributed by atoms with Crippen molar-refractivity contribution in [3.63, 3.8) is 0 Å². The van der Waals surface area contributed by atoms with E-state index in [4.69, 9.17) is 9.84 Å². The fourth-order valence-corrected chi connectivity index (χ4v) is 2.38. The Bertz CT molecular complexity index is 588. The highest BCUT2D eigenvalue weighted by molar-refractivity contribution is 5.90. The molecular weight excluding hydrogens is 254 g/mol. The molecule has 0 saturated heterocycles. The predicted molar refractivity (Wildman–Crippen MR) is 78.8 cm³/mol. The quantitative estimate of drug-likeness (QED) is 0.797. The van der Waals surface area contributed by atoms with Crippen molar-refractivity contribution in [1.29, 1.82) is 0 Å². The second kappa shape index (κ2) is 6.57. The molecule has 0 aliphatic carbocycles. The van der Waals surface area contributed by atoms with Gasteiger partial charge < -0.3 is 14.8 Å². The molecule has 4 heteroatoms. The molecule has 2 N–H and O–H groups in total. The third-order valence-corrected chi connectivity index (χ3v) is 3.51. The number of esters is 1. The molecule has 2 rings (SSSR count). The summed E-state index contributed by atoms with van der Waals surface area (Å²) in [6.07, 6.45) is 3.46. The number of H-pyrrole nitrogens is 1. The maximum atomic E-state index is 11.9. The van der Waals surface area contributed by atoms with Crippen molar-refractivity contribution >= 4 is 16.9 Å². The molecule has 0 amide bonds. The fourth-order valence-electron chi connectivity index (χ4n) is 2.38. The predicted octanol–water partition coefficient (Wildman–Crippen LogP) is 2.76. The molecule has 0 aliphatic heterocycles. The van der Waals surface area contributed by atoms with Crippen molar-refractivity contribution in [3.05, 3.63) is 35.5 Å². The summed E-state index contributed by atoms with van der Waals surface area (Å²) in [6, 6.07) is 6.16. The Morgan fingerprint density at radius 2 is 2.25 bits per heavy atom. The molecule has 1 atom stereocenters. The van der Waals surface area contributed by atoms with Gasteiger partial charge in [0, 0.05) is 23.7 Å². The SMILES string of the molecule is CCOC(=O)C(C)c1c[nH]c2ccc(CCCO)cc12. The largest absolute Gasteiger partial charge is 0.466 e. The minimum atomic E-state index is -0.281. The number of fused-ring (bicyclic) bond motifs is 1. The second-order valence-electron chi connectivity index (χ2n) is 4.92. The highest BCUT2D eigenvalue weighted by Crippen LogP contribution is 2.27. The number of aromatic nitrogens is 1. The molecule has 108 valence electrons. The van der Waals surface area contributed by atoms with E-state index in [1.165, 1.54) is 5.56 Å². The van der Waals surface area contributed by atoms with Crippen molar-refractivity contribution in [3.8, 4) is 0 Å². The summed E-state index contributed by atoms with van der Waals surface area (Å²) in [4.78, 5) is 15.1. The number of benzene rings is 1. The van der Waals surface area contributed by atoms with Crippen LogP contribution in [0.4, 0.5) is 0 Å². The molecule has 2 aromatic rings. The molecule has 0 spiro atoms. The van der Waals surface area contributed by atoms with E-state index in [2.05, 4.69) is 11.1 Å². The summed E-state index contributed by atoms with van der Waals surface area (Å²) in [5.74, 6) is -0.481. The Kier molecular flexibility index (Phi) is 4.79. The van der Waals surface area contributed by atoms with Gasteiger partial charge in [0.2, 0.25) is 0 Å². The van der Waals surface area contributed by atoms with Gasteiger partial charge in [0.25, 0.3) is 0 Å². The topological polar surface area (TPSA) is 62.3 Å². The van der Waals surface area contributed by atoms with Crippen LogP contribution in [-0.2, 0) is 16.0 Å². The lowest BCUT2D eigenvalue weighted by Gasteiger charge is -2.10. The van der Waals surface area contributed by atoms with E-state index in [-0.39, 0.29) is 18.5 Å². The molecule has 1 aromatic carbocycles. The van der Waals surface area contributed by atoms with Gasteiger partial charge in [-0.3, -0.25) is 4.79 Å². The Balaban J connectivity index is 2.31. The van der Waals surface area contributed by atoms with E-state index in [9.17, 15) is 4.79 Å². The average Bonchev–Trinajstić information content (AvgIpc) is 2.87. The second-order valence-corrected chi connectivity index (χ2v) is 4.92. The van der Waals surface area contributed by atoms with E-state index >= 15 is 0 Å². The van der Waals surface area contributed by atoms with Gasteiger partial charge in [-0.15, -0.1) is 0 Å². The minimum Gasteiger partial charge on any atom is -0.466 e. The molecule has 0 fully saturated rings. The number of nitrogens with one attached hydrogen (secondary N) is 1. The van der Waals surface area contributed by atoms with E-state index in [0.717, 1.165) is 29.3 Å². The van der Waals surface area contributed by atoms with Crippen LogP contribution in [0.25, 0.3) is 10.9 Å². The van der Waals surface area contributed by atoms with Crippen LogP contribution < -0.4 is 0 Å². The molecule has 20 heavy (non-hydrogen) atoms. The molecular formula is C16H21NO3. The van der Waals surface area contributed by atoms with Crippen LogP contribution in [0.15, 0.2) is 24.4 Å². The molecule has 0 radical (unpaired) electrons. The number of aromatic amines is 1. The summed E-state index contributed by atoms with van der Waals surface area (Å²) in [7, 11) is 0. The van der Waals surface area contributed by atoms with Gasteiger partial charge in [0.15, 0.2) is 0 Å². The van der Waals surface area contributed by atoms with Gasteiger partial charge in [-0.25, -0.2) is 0 Å². The number of hydrogen-bond donors (Lipinski definition) is 2. The standard InChI is InChI=1S/C16H21NO3/c1-3-20-16(19)11(2)14-10-17-15-7-6-12(5-4-8-18)9-13(14)15/h6-7,9-11,17-18H,3-5,8H2,1-2H3. The number of aliphatic hydroxyl groups excluding tert-OH is 1. The van der Waals surface area contributed by atoms with E-state index in [0.29, 0.717) is 6.61 Å². The van der Waals surface area contributed by atoms with Gasteiger partial charge in [-0.1, -0.05) is 6.07 Å². The number of ether oxygens (including phenoxy) is 1. The first-order chi connectivity index (χ1) is 9.67. The van der Waals surface area contributed by atoms with Gasteiger partial charge in [-0.05, 0) is 49.9 Å². The maximum Gasteiger partial charge on any atom is 0.313 e. The summed E-state index contributed by atoms with van der Waals surface area (Å²) >= 11 is 0. The lowest BCUT2D eigenvalue weighted by molar-refractivity contribution is -0.144. The van der Waals surface area contributed by atoms with Gasteiger partial charge in [-0.2, -0.15) is 0 Å². The number of hydrogen-bond acceptors (Lipinski definition) is 3. The summed E-state index contributed by atoms with van der Waals surface area (Å²) < 4.78 is 5.09. The number of rotatable bonds is 6. The van der Waals surface area contributed by atoms with E-state index < -0.39 is 0 Å². The Labute approximate surface area is 118 Å². The monoisotopic (exact) mass is 275 g/mol. The lowest BCUT2D eigenvalue weighted by Crippen LogP contribution is -2.12. The van der Waals surface area contributed by atoms with Crippen molar-refractivity contribution in [1.82, 2.24) is 4.98 Å². The van der Waals surface area contributed by atoms with E-state index in [1.54, 1.807) is 0 Å². The molecule has 0 aliphatic rings. The molecule has 0 bridgehead atoms. The van der Waals surface area contributed by atoms with Crippen LogP contribution >= 0.6 is 0 Å². The molecule has 1 heterocycles. The lowest BCUT2D eigenvalue weighted by atomic mass is 9.98. The molecule has 4 nitrogen and oxygen atoms in total. The fraction of sp³-hybridized carbons (Fsp3) is 0.438. The first-order valence-corrected chi connectivity index (χ1v) is 7.04. The van der Waals surface area contributed by atoms with Crippen molar-refractivity contribution < 1.29 is 14.6 Å². The Hall–Kier alpha value is -1.81. The minimum absolute atomic E-state index is 0.192. The van der Waals surface area contributed by atoms with Crippen LogP contribution in [0.2, 0.25) is 0 Å².